The van der Waals surface area contributed by atoms with Crippen LogP contribution in [-0.4, -0.2) is 56.2 Å². The van der Waals surface area contributed by atoms with E-state index >= 15 is 0 Å². The fraction of sp³-hybridized carbons (Fsp3) is 0.556. The van der Waals surface area contributed by atoms with Crippen LogP contribution in [0.3, 0.4) is 0 Å². The molecule has 7 heteroatoms. The van der Waals surface area contributed by atoms with Gasteiger partial charge in [0.2, 0.25) is 5.91 Å². The molecule has 2 fully saturated rings. The molecule has 0 unspecified atom stereocenters. The molecule has 1 aromatic carbocycles. The van der Waals surface area contributed by atoms with Crippen molar-refractivity contribution in [2.24, 2.45) is 0 Å². The van der Waals surface area contributed by atoms with E-state index in [9.17, 15) is 4.79 Å². The van der Waals surface area contributed by atoms with Crippen molar-refractivity contribution in [2.45, 2.75) is 50.6 Å². The number of carbonyl (C=O) groups is 1. The molecule has 1 aliphatic carbocycles. The molecule has 2 aromatic rings. The molecule has 2 aliphatic rings. The Balaban J connectivity index is 1.23. The molecule has 0 atom stereocenters. The standard InChI is InChI=1S/C18H24N6O/c25-18(20-15-11-17(12-15)23-8-2-1-3-9-23)10-14-4-6-16(7-5-14)24-13-19-21-22-24/h4-7,13,15,17H,1-3,8-12H2,(H,20,25). The second-order valence-corrected chi connectivity index (χ2v) is 7.08. The van der Waals surface area contributed by atoms with Crippen LogP contribution in [0.25, 0.3) is 5.69 Å². The maximum atomic E-state index is 12.2. The molecule has 7 nitrogen and oxygen atoms in total. The fourth-order valence-electron chi connectivity index (χ4n) is 3.80. The minimum Gasteiger partial charge on any atom is -0.353 e. The lowest BCUT2D eigenvalue weighted by atomic mass is 9.84. The minimum atomic E-state index is 0.109. The van der Waals surface area contributed by atoms with E-state index in [-0.39, 0.29) is 5.91 Å². The third kappa shape index (κ3) is 3.87. The number of nitrogens with zero attached hydrogens (tertiary/aromatic N) is 5. The monoisotopic (exact) mass is 340 g/mol. The Hall–Kier alpha value is -2.28. The molecule has 1 amide bonds. The molecular formula is C18H24N6O. The molecule has 1 N–H and O–H groups in total. The average molecular weight is 340 g/mol. The zero-order chi connectivity index (χ0) is 17.1. The predicted octanol–water partition coefficient (Wildman–Crippen LogP) is 1.34. The Morgan fingerprint density at radius 2 is 1.88 bits per heavy atom. The second-order valence-electron chi connectivity index (χ2n) is 7.08. The lowest BCUT2D eigenvalue weighted by Gasteiger charge is -2.44. The van der Waals surface area contributed by atoms with Gasteiger partial charge in [0.05, 0.1) is 12.1 Å². The van der Waals surface area contributed by atoms with Crippen molar-refractivity contribution in [2.75, 3.05) is 13.1 Å². The summed E-state index contributed by atoms with van der Waals surface area (Å²) in [6, 6.07) is 8.78. The normalized spacial score (nSPS) is 23.8. The smallest absolute Gasteiger partial charge is 0.224 e. The van der Waals surface area contributed by atoms with Gasteiger partial charge >= 0.3 is 0 Å². The lowest BCUT2D eigenvalue weighted by Crippen LogP contribution is -2.55. The van der Waals surface area contributed by atoms with Gasteiger partial charge in [0.1, 0.15) is 6.33 Å². The summed E-state index contributed by atoms with van der Waals surface area (Å²) in [5, 5.41) is 14.3. The first-order valence-electron chi connectivity index (χ1n) is 9.13. The van der Waals surface area contributed by atoms with Crippen molar-refractivity contribution < 1.29 is 4.79 Å². The van der Waals surface area contributed by atoms with Gasteiger partial charge in [0.25, 0.3) is 0 Å². The molecule has 0 bridgehead atoms. The summed E-state index contributed by atoms with van der Waals surface area (Å²) in [4.78, 5) is 14.9. The van der Waals surface area contributed by atoms with Gasteiger partial charge in [0, 0.05) is 12.1 Å². The van der Waals surface area contributed by atoms with E-state index in [0.29, 0.717) is 18.5 Å². The number of nitrogens with one attached hydrogen (secondary N) is 1. The van der Waals surface area contributed by atoms with Crippen LogP contribution < -0.4 is 5.32 Å². The minimum absolute atomic E-state index is 0.109. The van der Waals surface area contributed by atoms with E-state index in [1.165, 1.54) is 32.4 Å². The van der Waals surface area contributed by atoms with E-state index in [0.717, 1.165) is 24.1 Å². The van der Waals surface area contributed by atoms with Crippen LogP contribution in [0.15, 0.2) is 30.6 Å². The van der Waals surface area contributed by atoms with E-state index < -0.39 is 0 Å². The molecule has 1 saturated carbocycles. The van der Waals surface area contributed by atoms with Gasteiger partial charge < -0.3 is 10.2 Å². The van der Waals surface area contributed by atoms with Crippen molar-refractivity contribution in [3.05, 3.63) is 36.2 Å². The highest BCUT2D eigenvalue weighted by molar-refractivity contribution is 5.79. The second kappa shape index (κ2) is 7.31. The quantitative estimate of drug-likeness (QED) is 0.889. The molecular weight excluding hydrogens is 316 g/mol. The largest absolute Gasteiger partial charge is 0.353 e. The number of amides is 1. The van der Waals surface area contributed by atoms with Crippen LogP contribution in [0.1, 0.15) is 37.7 Å². The third-order valence-corrected chi connectivity index (χ3v) is 5.30. The molecule has 4 rings (SSSR count). The number of benzene rings is 1. The summed E-state index contributed by atoms with van der Waals surface area (Å²) in [6.45, 7) is 2.47. The number of hydrogen-bond acceptors (Lipinski definition) is 5. The van der Waals surface area contributed by atoms with Gasteiger partial charge in [-0.25, -0.2) is 4.68 Å². The first kappa shape index (κ1) is 16.2. The Labute approximate surface area is 147 Å². The number of tetrazole rings is 1. The maximum absolute atomic E-state index is 12.2. The highest BCUT2D eigenvalue weighted by Crippen LogP contribution is 2.28. The van der Waals surface area contributed by atoms with Crippen molar-refractivity contribution in [1.82, 2.24) is 30.4 Å². The Bertz CT molecular complexity index is 687. The number of likely N-dealkylation sites (tertiary alicyclic amines) is 1. The van der Waals surface area contributed by atoms with Gasteiger partial charge in [-0.2, -0.15) is 0 Å². The number of rotatable bonds is 5. The van der Waals surface area contributed by atoms with Gasteiger partial charge in [0.15, 0.2) is 0 Å². The number of aromatic nitrogens is 4. The lowest BCUT2D eigenvalue weighted by molar-refractivity contribution is -0.122. The van der Waals surface area contributed by atoms with Crippen LogP contribution in [-0.2, 0) is 11.2 Å². The summed E-state index contributed by atoms with van der Waals surface area (Å²) >= 11 is 0. The fourth-order valence-corrected chi connectivity index (χ4v) is 3.80. The summed E-state index contributed by atoms with van der Waals surface area (Å²) in [7, 11) is 0. The van der Waals surface area contributed by atoms with E-state index in [2.05, 4.69) is 25.7 Å². The summed E-state index contributed by atoms with van der Waals surface area (Å²) in [5.41, 5.74) is 1.89. The van der Waals surface area contributed by atoms with E-state index in [4.69, 9.17) is 0 Å². The van der Waals surface area contributed by atoms with Crippen LogP contribution in [0.2, 0.25) is 0 Å². The average Bonchev–Trinajstić information content (AvgIpc) is 3.14. The Morgan fingerprint density at radius 1 is 1.12 bits per heavy atom. The molecule has 1 aromatic heterocycles. The topological polar surface area (TPSA) is 75.9 Å². The van der Waals surface area contributed by atoms with Crippen LogP contribution in [0.5, 0.6) is 0 Å². The Morgan fingerprint density at radius 3 is 2.56 bits per heavy atom. The third-order valence-electron chi connectivity index (χ3n) is 5.30. The highest BCUT2D eigenvalue weighted by atomic mass is 16.1. The van der Waals surface area contributed by atoms with Crippen LogP contribution in [0, 0.1) is 0 Å². The van der Waals surface area contributed by atoms with Gasteiger partial charge in [-0.3, -0.25) is 4.79 Å². The van der Waals surface area contributed by atoms with Crippen molar-refractivity contribution >= 4 is 5.91 Å². The zero-order valence-corrected chi connectivity index (χ0v) is 14.3. The molecule has 1 saturated heterocycles. The van der Waals surface area contributed by atoms with Gasteiger partial charge in [-0.1, -0.05) is 18.6 Å². The molecule has 132 valence electrons. The number of carbonyl (C=O) groups excluding carboxylic acids is 1. The molecule has 1 aliphatic heterocycles. The number of hydrogen-bond donors (Lipinski definition) is 1. The van der Waals surface area contributed by atoms with E-state index in [1.54, 1.807) is 11.0 Å². The van der Waals surface area contributed by atoms with E-state index in [1.807, 2.05) is 24.3 Å². The summed E-state index contributed by atoms with van der Waals surface area (Å²) < 4.78 is 1.60. The van der Waals surface area contributed by atoms with Crippen molar-refractivity contribution in [1.29, 1.82) is 0 Å². The van der Waals surface area contributed by atoms with Crippen LogP contribution >= 0.6 is 0 Å². The number of piperidine rings is 1. The highest BCUT2D eigenvalue weighted by Gasteiger charge is 2.34. The first-order chi connectivity index (χ1) is 12.3. The predicted molar refractivity (Wildman–Crippen MR) is 93.2 cm³/mol. The van der Waals surface area contributed by atoms with Crippen molar-refractivity contribution in [3.63, 3.8) is 0 Å². The molecule has 25 heavy (non-hydrogen) atoms. The van der Waals surface area contributed by atoms with Gasteiger partial charge in [-0.15, -0.1) is 5.10 Å². The van der Waals surface area contributed by atoms with Crippen molar-refractivity contribution in [3.8, 4) is 5.69 Å². The molecule has 0 radical (unpaired) electrons. The molecule has 2 heterocycles. The molecule has 0 spiro atoms. The van der Waals surface area contributed by atoms with Crippen LogP contribution in [0.4, 0.5) is 0 Å². The summed E-state index contributed by atoms with van der Waals surface area (Å²) in [5.74, 6) is 0.109. The Kier molecular flexibility index (Phi) is 4.74. The van der Waals surface area contributed by atoms with Gasteiger partial charge in [-0.05, 0) is 66.9 Å². The first-order valence-corrected chi connectivity index (χ1v) is 9.13. The summed E-state index contributed by atoms with van der Waals surface area (Å²) in [6.07, 6.45) is 8.20. The SMILES string of the molecule is O=C(Cc1ccc(-n2cnnn2)cc1)NC1CC(N2CCCCC2)C1. The zero-order valence-electron chi connectivity index (χ0n) is 14.3. The maximum Gasteiger partial charge on any atom is 0.224 e.